The van der Waals surface area contributed by atoms with Crippen molar-refractivity contribution < 1.29 is 9.59 Å². The Hall–Kier alpha value is -2.34. The Kier molecular flexibility index (Phi) is 6.62. The van der Waals surface area contributed by atoms with Gasteiger partial charge in [0.2, 0.25) is 11.8 Å². The molecule has 1 heterocycles. The molecule has 2 N–H and O–H groups in total. The van der Waals surface area contributed by atoms with E-state index in [1.165, 1.54) is 11.8 Å². The van der Waals surface area contributed by atoms with Gasteiger partial charge in [0.25, 0.3) is 0 Å². The Morgan fingerprint density at radius 3 is 2.48 bits per heavy atom. The van der Waals surface area contributed by atoms with Gasteiger partial charge in [-0.15, -0.1) is 11.8 Å². The highest BCUT2D eigenvalue weighted by Gasteiger charge is 2.05. The SMILES string of the molecule is CCCC(=O)Nc1ccc(SCC(=O)Nc2ccccn2)cc1. The Labute approximate surface area is 139 Å². The van der Waals surface area contributed by atoms with Gasteiger partial charge in [-0.2, -0.15) is 0 Å². The number of thioether (sulfide) groups is 1. The van der Waals surface area contributed by atoms with Crippen molar-refractivity contribution in [3.63, 3.8) is 0 Å². The molecule has 5 nitrogen and oxygen atoms in total. The summed E-state index contributed by atoms with van der Waals surface area (Å²) in [7, 11) is 0. The molecule has 0 fully saturated rings. The molecule has 0 saturated carbocycles. The zero-order valence-corrected chi connectivity index (χ0v) is 13.7. The molecule has 0 aliphatic rings. The minimum atomic E-state index is -0.103. The van der Waals surface area contributed by atoms with Crippen LogP contribution in [0.5, 0.6) is 0 Å². The standard InChI is InChI=1S/C17H19N3O2S/c1-2-5-16(21)19-13-7-9-14(10-8-13)23-12-17(22)20-15-6-3-4-11-18-15/h3-4,6-11H,2,5,12H2,1H3,(H,19,21)(H,18,20,22). The van der Waals surface area contributed by atoms with Crippen LogP contribution in [0.1, 0.15) is 19.8 Å². The third-order valence-corrected chi connectivity index (χ3v) is 3.93. The molecule has 2 aromatic rings. The topological polar surface area (TPSA) is 71.1 Å². The maximum Gasteiger partial charge on any atom is 0.235 e. The van der Waals surface area contributed by atoms with E-state index in [9.17, 15) is 9.59 Å². The average Bonchev–Trinajstić information content (AvgIpc) is 2.55. The summed E-state index contributed by atoms with van der Waals surface area (Å²) in [5, 5.41) is 5.57. The van der Waals surface area contributed by atoms with Crippen LogP contribution in [0.3, 0.4) is 0 Å². The summed E-state index contributed by atoms with van der Waals surface area (Å²) >= 11 is 1.43. The molecule has 1 aromatic carbocycles. The summed E-state index contributed by atoms with van der Waals surface area (Å²) in [5.41, 5.74) is 0.769. The van der Waals surface area contributed by atoms with Crippen LogP contribution in [-0.4, -0.2) is 22.6 Å². The van der Waals surface area contributed by atoms with Gasteiger partial charge in [-0.3, -0.25) is 9.59 Å². The van der Waals surface area contributed by atoms with E-state index in [4.69, 9.17) is 0 Å². The van der Waals surface area contributed by atoms with Gasteiger partial charge in [0.05, 0.1) is 5.75 Å². The van der Waals surface area contributed by atoms with Crippen LogP contribution in [0.15, 0.2) is 53.6 Å². The molecule has 2 amide bonds. The van der Waals surface area contributed by atoms with E-state index in [0.29, 0.717) is 18.0 Å². The second-order valence-corrected chi connectivity index (χ2v) is 5.92. The fourth-order valence-electron chi connectivity index (χ4n) is 1.85. The second-order valence-electron chi connectivity index (χ2n) is 4.87. The number of carbonyl (C=O) groups excluding carboxylic acids is 2. The molecule has 2 rings (SSSR count). The van der Waals surface area contributed by atoms with E-state index in [0.717, 1.165) is 17.0 Å². The van der Waals surface area contributed by atoms with Gasteiger partial charge < -0.3 is 10.6 Å². The lowest BCUT2D eigenvalue weighted by atomic mass is 10.3. The third-order valence-electron chi connectivity index (χ3n) is 2.92. The number of carbonyl (C=O) groups is 2. The summed E-state index contributed by atoms with van der Waals surface area (Å²) in [6.45, 7) is 1.97. The van der Waals surface area contributed by atoms with Gasteiger partial charge in [-0.1, -0.05) is 13.0 Å². The van der Waals surface area contributed by atoms with Gasteiger partial charge in [-0.25, -0.2) is 4.98 Å². The van der Waals surface area contributed by atoms with Crippen LogP contribution in [0.2, 0.25) is 0 Å². The number of nitrogens with zero attached hydrogens (tertiary/aromatic N) is 1. The van der Waals surface area contributed by atoms with E-state index in [2.05, 4.69) is 15.6 Å². The largest absolute Gasteiger partial charge is 0.326 e. The summed E-state index contributed by atoms with van der Waals surface area (Å²) in [6, 6.07) is 12.8. The van der Waals surface area contributed by atoms with Gasteiger partial charge in [-0.05, 0) is 42.8 Å². The molecule has 1 aromatic heterocycles. The zero-order valence-electron chi connectivity index (χ0n) is 12.9. The number of hydrogen-bond acceptors (Lipinski definition) is 4. The molecular formula is C17H19N3O2S. The Morgan fingerprint density at radius 1 is 1.04 bits per heavy atom. The summed E-state index contributed by atoms with van der Waals surface area (Å²) in [5.74, 6) is 0.765. The predicted molar refractivity (Wildman–Crippen MR) is 93.6 cm³/mol. The Morgan fingerprint density at radius 2 is 1.83 bits per heavy atom. The fourth-order valence-corrected chi connectivity index (χ4v) is 2.55. The summed E-state index contributed by atoms with van der Waals surface area (Å²) in [6.07, 6.45) is 2.98. The monoisotopic (exact) mass is 329 g/mol. The highest BCUT2D eigenvalue weighted by molar-refractivity contribution is 8.00. The molecule has 0 aliphatic carbocycles. The van der Waals surface area contributed by atoms with Crippen molar-refractivity contribution in [3.05, 3.63) is 48.7 Å². The van der Waals surface area contributed by atoms with E-state index >= 15 is 0 Å². The molecule has 23 heavy (non-hydrogen) atoms. The molecule has 0 atom stereocenters. The highest BCUT2D eigenvalue weighted by Crippen LogP contribution is 2.20. The van der Waals surface area contributed by atoms with Crippen molar-refractivity contribution in [1.29, 1.82) is 0 Å². The maximum atomic E-state index is 11.8. The minimum Gasteiger partial charge on any atom is -0.326 e. The highest BCUT2D eigenvalue weighted by atomic mass is 32.2. The lowest BCUT2D eigenvalue weighted by Crippen LogP contribution is -2.14. The first-order valence-electron chi connectivity index (χ1n) is 7.41. The van der Waals surface area contributed by atoms with E-state index in [1.54, 1.807) is 18.3 Å². The molecule has 0 aliphatic heterocycles. The smallest absolute Gasteiger partial charge is 0.235 e. The van der Waals surface area contributed by atoms with E-state index in [-0.39, 0.29) is 11.8 Å². The molecule has 0 unspecified atom stereocenters. The lowest BCUT2D eigenvalue weighted by molar-refractivity contribution is -0.116. The van der Waals surface area contributed by atoms with E-state index < -0.39 is 0 Å². The third kappa shape index (κ3) is 6.12. The Bertz CT molecular complexity index is 645. The van der Waals surface area contributed by atoms with Gasteiger partial charge in [0.1, 0.15) is 5.82 Å². The predicted octanol–water partition coefficient (Wildman–Crippen LogP) is 3.55. The zero-order chi connectivity index (χ0) is 16.5. The quantitative estimate of drug-likeness (QED) is 0.762. The molecule has 120 valence electrons. The van der Waals surface area contributed by atoms with Crippen LogP contribution in [0, 0.1) is 0 Å². The normalized spacial score (nSPS) is 10.1. The average molecular weight is 329 g/mol. The van der Waals surface area contributed by atoms with E-state index in [1.807, 2.05) is 37.3 Å². The molecule has 0 radical (unpaired) electrons. The molecule has 6 heteroatoms. The number of hydrogen-bond donors (Lipinski definition) is 2. The van der Waals surface area contributed by atoms with Crippen LogP contribution in [0.25, 0.3) is 0 Å². The number of benzene rings is 1. The van der Waals surface area contributed by atoms with Crippen molar-refractivity contribution in [3.8, 4) is 0 Å². The minimum absolute atomic E-state index is 0.0163. The maximum absolute atomic E-state index is 11.8. The van der Waals surface area contributed by atoms with Crippen molar-refractivity contribution >= 4 is 35.1 Å². The van der Waals surface area contributed by atoms with Crippen molar-refractivity contribution in [2.75, 3.05) is 16.4 Å². The molecule has 0 saturated heterocycles. The Balaban J connectivity index is 1.79. The molecular weight excluding hydrogens is 310 g/mol. The molecule has 0 spiro atoms. The second kappa shape index (κ2) is 8.95. The molecule has 0 bridgehead atoms. The van der Waals surface area contributed by atoms with Crippen LogP contribution in [0.4, 0.5) is 11.5 Å². The van der Waals surface area contributed by atoms with Gasteiger partial charge in [0, 0.05) is 23.2 Å². The van der Waals surface area contributed by atoms with Crippen LogP contribution >= 0.6 is 11.8 Å². The van der Waals surface area contributed by atoms with Crippen LogP contribution < -0.4 is 10.6 Å². The number of nitrogens with one attached hydrogen (secondary N) is 2. The summed E-state index contributed by atoms with van der Waals surface area (Å²) in [4.78, 5) is 28.4. The number of anilines is 2. The first kappa shape index (κ1) is 17.0. The van der Waals surface area contributed by atoms with Gasteiger partial charge >= 0.3 is 0 Å². The lowest BCUT2D eigenvalue weighted by Gasteiger charge is -2.06. The van der Waals surface area contributed by atoms with Crippen LogP contribution in [-0.2, 0) is 9.59 Å². The number of pyridine rings is 1. The fraction of sp³-hybridized carbons (Fsp3) is 0.235. The van der Waals surface area contributed by atoms with Gasteiger partial charge in [0.15, 0.2) is 0 Å². The first-order chi connectivity index (χ1) is 11.2. The first-order valence-corrected chi connectivity index (χ1v) is 8.39. The van der Waals surface area contributed by atoms with Crippen molar-refractivity contribution in [2.45, 2.75) is 24.7 Å². The van der Waals surface area contributed by atoms with Crippen molar-refractivity contribution in [1.82, 2.24) is 4.98 Å². The number of rotatable bonds is 7. The number of amides is 2. The summed E-state index contributed by atoms with van der Waals surface area (Å²) < 4.78 is 0. The number of aromatic nitrogens is 1. The van der Waals surface area contributed by atoms with Crippen molar-refractivity contribution in [2.24, 2.45) is 0 Å².